The highest BCUT2D eigenvalue weighted by Gasteiger charge is 2.07. The maximum Gasteiger partial charge on any atom is 0.221 e. The van der Waals surface area contributed by atoms with Crippen LogP contribution in [0.3, 0.4) is 0 Å². The van der Waals surface area contributed by atoms with E-state index in [1.807, 2.05) is 38.2 Å². The van der Waals surface area contributed by atoms with Crippen molar-refractivity contribution in [1.29, 1.82) is 0 Å². The zero-order valence-corrected chi connectivity index (χ0v) is 12.1. The highest BCUT2D eigenvalue weighted by atomic mass is 16.1. The van der Waals surface area contributed by atoms with E-state index < -0.39 is 0 Å². The number of carbonyl (C=O) groups excluding carboxylic acids is 1. The maximum absolute atomic E-state index is 11.5. The zero-order valence-electron chi connectivity index (χ0n) is 12.1. The third kappa shape index (κ3) is 3.57. The van der Waals surface area contributed by atoms with Crippen molar-refractivity contribution in [2.24, 2.45) is 0 Å². The minimum absolute atomic E-state index is 0.106. The van der Waals surface area contributed by atoms with E-state index in [9.17, 15) is 4.79 Å². The summed E-state index contributed by atoms with van der Waals surface area (Å²) in [7, 11) is 0. The van der Waals surface area contributed by atoms with Gasteiger partial charge in [-0.1, -0.05) is 13.0 Å². The van der Waals surface area contributed by atoms with Crippen LogP contribution in [0.1, 0.15) is 31.2 Å². The highest BCUT2D eigenvalue weighted by molar-refractivity contribution is 5.75. The van der Waals surface area contributed by atoms with Crippen LogP contribution >= 0.6 is 0 Å². The summed E-state index contributed by atoms with van der Waals surface area (Å²) in [4.78, 5) is 16.0. The van der Waals surface area contributed by atoms with Crippen LogP contribution in [0, 0.1) is 6.92 Å². The molecule has 0 aromatic carbocycles. The number of pyridine rings is 1. The SMILES string of the molecule is CCCNC(=O)CCNCc1c(C)nc2ccccn12. The molecule has 0 aliphatic heterocycles. The van der Waals surface area contributed by atoms with E-state index >= 15 is 0 Å². The predicted octanol–water partition coefficient (Wildman–Crippen LogP) is 1.65. The molecule has 2 aromatic rings. The molecule has 0 unspecified atom stereocenters. The van der Waals surface area contributed by atoms with Gasteiger partial charge in [-0.15, -0.1) is 0 Å². The van der Waals surface area contributed by atoms with Crippen LogP contribution in [0.15, 0.2) is 24.4 Å². The molecule has 0 saturated carbocycles. The summed E-state index contributed by atoms with van der Waals surface area (Å²) in [5.74, 6) is 0.106. The van der Waals surface area contributed by atoms with Crippen LogP contribution in [-0.4, -0.2) is 28.4 Å². The van der Waals surface area contributed by atoms with Gasteiger partial charge in [0, 0.05) is 32.3 Å². The number of carbonyl (C=O) groups is 1. The molecule has 1 amide bonds. The molecule has 0 radical (unpaired) electrons. The first-order valence-electron chi connectivity index (χ1n) is 7.12. The second kappa shape index (κ2) is 7.05. The van der Waals surface area contributed by atoms with Gasteiger partial charge < -0.3 is 15.0 Å². The number of hydrogen-bond acceptors (Lipinski definition) is 3. The fraction of sp³-hybridized carbons (Fsp3) is 0.467. The largest absolute Gasteiger partial charge is 0.356 e. The van der Waals surface area contributed by atoms with Gasteiger partial charge in [0.1, 0.15) is 5.65 Å². The minimum atomic E-state index is 0.106. The second-order valence-electron chi connectivity index (χ2n) is 4.85. The lowest BCUT2D eigenvalue weighted by Crippen LogP contribution is -2.28. The first-order valence-corrected chi connectivity index (χ1v) is 7.12. The van der Waals surface area contributed by atoms with E-state index in [1.165, 1.54) is 0 Å². The number of fused-ring (bicyclic) bond motifs is 1. The van der Waals surface area contributed by atoms with Gasteiger partial charge in [-0.25, -0.2) is 4.98 Å². The summed E-state index contributed by atoms with van der Waals surface area (Å²) in [6, 6.07) is 5.97. The van der Waals surface area contributed by atoms with Crippen LogP contribution in [0.25, 0.3) is 5.65 Å². The molecule has 2 heterocycles. The van der Waals surface area contributed by atoms with E-state index in [0.717, 1.165) is 36.5 Å². The van der Waals surface area contributed by atoms with E-state index in [4.69, 9.17) is 0 Å². The Morgan fingerprint density at radius 2 is 2.20 bits per heavy atom. The van der Waals surface area contributed by atoms with Gasteiger partial charge in [0.25, 0.3) is 0 Å². The van der Waals surface area contributed by atoms with Crippen molar-refractivity contribution in [3.05, 3.63) is 35.8 Å². The zero-order chi connectivity index (χ0) is 14.4. The minimum Gasteiger partial charge on any atom is -0.356 e. The van der Waals surface area contributed by atoms with Crippen molar-refractivity contribution < 1.29 is 4.79 Å². The molecule has 2 N–H and O–H groups in total. The molecule has 0 aliphatic rings. The third-order valence-corrected chi connectivity index (χ3v) is 3.22. The maximum atomic E-state index is 11.5. The molecular formula is C15H22N4O. The third-order valence-electron chi connectivity index (χ3n) is 3.22. The van der Waals surface area contributed by atoms with E-state index in [1.54, 1.807) is 0 Å². The van der Waals surface area contributed by atoms with Crippen molar-refractivity contribution >= 4 is 11.6 Å². The van der Waals surface area contributed by atoms with Gasteiger partial charge in [0.05, 0.1) is 11.4 Å². The van der Waals surface area contributed by atoms with Crippen molar-refractivity contribution in [2.45, 2.75) is 33.2 Å². The summed E-state index contributed by atoms with van der Waals surface area (Å²) in [6.45, 7) is 6.21. The normalized spacial score (nSPS) is 10.9. The number of imidazole rings is 1. The molecule has 20 heavy (non-hydrogen) atoms. The van der Waals surface area contributed by atoms with Crippen LogP contribution in [-0.2, 0) is 11.3 Å². The molecular weight excluding hydrogens is 252 g/mol. The van der Waals surface area contributed by atoms with E-state index in [-0.39, 0.29) is 5.91 Å². The number of aryl methyl sites for hydroxylation is 1. The molecule has 2 aromatic heterocycles. The second-order valence-corrected chi connectivity index (χ2v) is 4.85. The fourth-order valence-electron chi connectivity index (χ4n) is 2.14. The Morgan fingerprint density at radius 3 is 3.00 bits per heavy atom. The Balaban J connectivity index is 1.84. The lowest BCUT2D eigenvalue weighted by molar-refractivity contribution is -0.120. The van der Waals surface area contributed by atoms with Gasteiger partial charge in [0.15, 0.2) is 0 Å². The molecule has 0 aliphatic carbocycles. The highest BCUT2D eigenvalue weighted by Crippen LogP contribution is 2.11. The molecule has 108 valence electrons. The van der Waals surface area contributed by atoms with Crippen molar-refractivity contribution in [3.8, 4) is 0 Å². The molecule has 0 atom stereocenters. The number of nitrogens with one attached hydrogen (secondary N) is 2. The summed E-state index contributed by atoms with van der Waals surface area (Å²) in [5.41, 5.74) is 3.14. The van der Waals surface area contributed by atoms with Crippen molar-refractivity contribution in [1.82, 2.24) is 20.0 Å². The molecule has 0 fully saturated rings. The fourth-order valence-corrected chi connectivity index (χ4v) is 2.14. The quantitative estimate of drug-likeness (QED) is 0.755. The molecule has 5 heteroatoms. The van der Waals surface area contributed by atoms with Crippen molar-refractivity contribution in [2.75, 3.05) is 13.1 Å². The van der Waals surface area contributed by atoms with Gasteiger partial charge in [-0.3, -0.25) is 4.79 Å². The van der Waals surface area contributed by atoms with Gasteiger partial charge in [0.2, 0.25) is 5.91 Å². The van der Waals surface area contributed by atoms with Crippen LogP contribution in [0.2, 0.25) is 0 Å². The standard InChI is InChI=1S/C15H22N4O/c1-3-8-17-15(20)7-9-16-11-13-12(2)18-14-6-4-5-10-19(13)14/h4-6,10,16H,3,7-9,11H2,1-2H3,(H,17,20). The number of hydrogen-bond donors (Lipinski definition) is 2. The summed E-state index contributed by atoms with van der Waals surface area (Å²) >= 11 is 0. The first kappa shape index (κ1) is 14.5. The predicted molar refractivity (Wildman–Crippen MR) is 79.6 cm³/mol. The van der Waals surface area contributed by atoms with Crippen LogP contribution < -0.4 is 10.6 Å². The van der Waals surface area contributed by atoms with Crippen LogP contribution in [0.4, 0.5) is 0 Å². The molecule has 5 nitrogen and oxygen atoms in total. The van der Waals surface area contributed by atoms with Gasteiger partial charge in [-0.05, 0) is 25.5 Å². The molecule has 0 spiro atoms. The van der Waals surface area contributed by atoms with Gasteiger partial charge in [-0.2, -0.15) is 0 Å². The molecule has 0 saturated heterocycles. The lowest BCUT2D eigenvalue weighted by Gasteiger charge is -2.06. The number of nitrogens with zero attached hydrogens (tertiary/aromatic N) is 2. The Morgan fingerprint density at radius 1 is 1.35 bits per heavy atom. The number of amides is 1. The van der Waals surface area contributed by atoms with Gasteiger partial charge >= 0.3 is 0 Å². The molecule has 2 rings (SSSR count). The lowest BCUT2D eigenvalue weighted by atomic mass is 10.3. The summed E-state index contributed by atoms with van der Waals surface area (Å²) in [6.07, 6.45) is 3.50. The van der Waals surface area contributed by atoms with E-state index in [2.05, 4.69) is 20.0 Å². The average Bonchev–Trinajstić information content (AvgIpc) is 2.77. The Kier molecular flexibility index (Phi) is 5.12. The Bertz CT molecular complexity index is 576. The monoisotopic (exact) mass is 274 g/mol. The first-order chi connectivity index (χ1) is 9.72. The number of rotatable bonds is 7. The number of aromatic nitrogens is 2. The molecule has 0 bridgehead atoms. The van der Waals surface area contributed by atoms with Crippen molar-refractivity contribution in [3.63, 3.8) is 0 Å². The average molecular weight is 274 g/mol. The summed E-state index contributed by atoms with van der Waals surface area (Å²) < 4.78 is 2.08. The topological polar surface area (TPSA) is 58.4 Å². The Hall–Kier alpha value is -1.88. The smallest absolute Gasteiger partial charge is 0.221 e. The van der Waals surface area contributed by atoms with Crippen LogP contribution in [0.5, 0.6) is 0 Å². The van der Waals surface area contributed by atoms with E-state index in [0.29, 0.717) is 13.0 Å². The summed E-state index contributed by atoms with van der Waals surface area (Å²) in [5, 5.41) is 6.18. The Labute approximate surface area is 119 Å².